The molecule has 0 fully saturated rings. The van der Waals surface area contributed by atoms with E-state index in [2.05, 4.69) is 0 Å². The van der Waals surface area contributed by atoms with Crippen molar-refractivity contribution in [1.29, 1.82) is 0 Å². The summed E-state index contributed by atoms with van der Waals surface area (Å²) in [6, 6.07) is 0. The molecule has 0 aromatic rings. The van der Waals surface area contributed by atoms with Crippen LogP contribution in [-0.4, -0.2) is 21.9 Å². The Hall–Kier alpha value is 0.699. The molecule has 0 aliphatic heterocycles. The summed E-state index contributed by atoms with van der Waals surface area (Å²) in [4.78, 5) is 0. The van der Waals surface area contributed by atoms with Crippen LogP contribution < -0.4 is 0 Å². The van der Waals surface area contributed by atoms with Crippen molar-refractivity contribution < 1.29 is 41.7 Å². The quantitative estimate of drug-likeness (QED) is 0.437. The first-order valence-corrected chi connectivity index (χ1v) is 0.636. The van der Waals surface area contributed by atoms with Crippen LogP contribution in [0.2, 0.25) is 0 Å². The first-order chi connectivity index (χ1) is 1.00. The Morgan fingerprint density at radius 3 is 0.667 bits per heavy atom. The Balaban J connectivity index is -0.000000000238. The van der Waals surface area contributed by atoms with Gasteiger partial charge in [0.25, 0.3) is 0 Å². The van der Waals surface area contributed by atoms with Gasteiger partial charge in [-0.15, -0.1) is 24.8 Å². The maximum atomic E-state index is 8.06. The first kappa shape index (κ1) is 254. The van der Waals surface area contributed by atoms with Crippen molar-refractivity contribution in [3.63, 3.8) is 0 Å². The molecule has 0 amide bonds. The summed E-state index contributed by atoms with van der Waals surface area (Å²) in [7, 11) is 0. The Morgan fingerprint density at radius 1 is 0.667 bits per heavy atom. The van der Waals surface area contributed by atoms with Crippen LogP contribution in [0.1, 0.15) is 0 Å². The van der Waals surface area contributed by atoms with Gasteiger partial charge in [-0.3, -0.25) is 0 Å². The van der Waals surface area contributed by atoms with E-state index in [1.165, 1.54) is 0 Å². The molecule has 0 atom stereocenters. The molecular formula is H12Cl2MnNO5-. The third-order valence-corrected chi connectivity index (χ3v) is 0. The van der Waals surface area contributed by atoms with Gasteiger partial charge in [0.1, 0.15) is 0 Å². The van der Waals surface area contributed by atoms with E-state index in [-0.39, 0.29) is 52.9 Å². The van der Waals surface area contributed by atoms with E-state index in [0.29, 0.717) is 0 Å². The zero-order valence-corrected chi connectivity index (χ0v) is 6.99. The van der Waals surface area contributed by atoms with Gasteiger partial charge in [0.05, 0.1) is 0 Å². The summed E-state index contributed by atoms with van der Waals surface area (Å²) in [5.41, 5.74) is 0. The molecule has 0 unspecified atom stereocenters. The van der Waals surface area contributed by atoms with Gasteiger partial charge in [0.2, 0.25) is 0 Å². The third kappa shape index (κ3) is 798. The number of rotatable bonds is 0. The van der Waals surface area contributed by atoms with E-state index in [0.717, 1.165) is 0 Å². The van der Waals surface area contributed by atoms with Crippen LogP contribution in [0.5, 0.6) is 0 Å². The first-order valence-electron chi connectivity index (χ1n) is 0.154. The molecule has 0 aliphatic rings. The summed E-state index contributed by atoms with van der Waals surface area (Å²) in [6.45, 7) is 0. The van der Waals surface area contributed by atoms with Gasteiger partial charge in [-0.1, -0.05) is 0 Å². The van der Waals surface area contributed by atoms with Crippen LogP contribution in [0, 0.1) is 0 Å². The van der Waals surface area contributed by atoms with E-state index in [1.54, 1.807) is 15.9 Å². The monoisotopic (exact) mass is 231 g/mol. The summed E-state index contributed by atoms with van der Waals surface area (Å²) in [5.74, 6) is 0. The summed E-state index contributed by atoms with van der Waals surface area (Å²) in [5, 5.41) is 0. The van der Waals surface area contributed by atoms with Gasteiger partial charge >= 0.3 is 19.8 Å². The number of hydrogen-bond acceptors (Lipinski definition) is 1. The van der Waals surface area contributed by atoms with Gasteiger partial charge in [-0.25, -0.2) is 0 Å². The Bertz CT molecular complexity index is 14.9. The molecule has 0 aromatic carbocycles. The van der Waals surface area contributed by atoms with Crippen molar-refractivity contribution in [2.24, 2.45) is 0 Å². The minimum absolute atomic E-state index is 0. The van der Waals surface area contributed by atoms with E-state index in [4.69, 9.17) is 3.83 Å². The second-order valence-electron chi connectivity index (χ2n) is 0. The van der Waals surface area contributed by atoms with Gasteiger partial charge in [-0.2, -0.15) is 0 Å². The zero-order chi connectivity index (χ0) is 2.00. The molecule has 0 radical (unpaired) electrons. The van der Waals surface area contributed by atoms with Crippen LogP contribution in [0.4, 0.5) is 0 Å². The fourth-order valence-electron chi connectivity index (χ4n) is 0. The fourth-order valence-corrected chi connectivity index (χ4v) is 0. The number of hydrogen-bond donors (Lipinski definition) is 0. The summed E-state index contributed by atoms with van der Waals surface area (Å²) in [6.07, 6.45) is 0. The van der Waals surface area contributed by atoms with E-state index in [1.807, 2.05) is 0 Å². The van der Waals surface area contributed by atoms with Gasteiger partial charge < -0.3 is 28.1 Å². The van der Waals surface area contributed by atoms with Crippen molar-refractivity contribution >= 4 is 24.8 Å². The molecular weight excluding hydrogens is 220 g/mol. The second-order valence-corrected chi connectivity index (χ2v) is 0. The van der Waals surface area contributed by atoms with Crippen LogP contribution in [0.15, 0.2) is 0 Å². The Labute approximate surface area is 73.0 Å². The summed E-state index contributed by atoms with van der Waals surface area (Å²) < 4.78 is 8.06. The molecule has 9 heteroatoms. The van der Waals surface area contributed by atoms with Crippen LogP contribution in [0.25, 0.3) is 6.15 Å². The zero-order valence-electron chi connectivity index (χ0n) is 4.18. The topological polar surface area (TPSA) is 177 Å². The molecule has 0 spiro atoms. The fraction of sp³-hybridized carbons (Fsp3) is 0. The minimum atomic E-state index is 0. The number of nitrogens with two attached hydrogens (primary N) is 1. The molecule has 9 heavy (non-hydrogen) atoms. The van der Waals surface area contributed by atoms with Crippen molar-refractivity contribution in [1.82, 2.24) is 0 Å². The van der Waals surface area contributed by atoms with Crippen molar-refractivity contribution in [2.45, 2.75) is 0 Å². The second kappa shape index (κ2) is 1050. The molecule has 0 saturated heterocycles. The van der Waals surface area contributed by atoms with E-state index in [9.17, 15) is 0 Å². The normalized spacial score (nSPS) is 0.444. The van der Waals surface area contributed by atoms with Crippen LogP contribution >= 0.6 is 24.8 Å². The average Bonchev–Trinajstić information content (AvgIpc) is 1.00. The maximum absolute atomic E-state index is 8.06. The molecule has 0 saturated carbocycles. The molecule has 0 bridgehead atoms. The van der Waals surface area contributed by atoms with Crippen molar-refractivity contribution in [3.8, 4) is 0 Å². The number of halogens is 2. The Morgan fingerprint density at radius 2 is 0.667 bits per heavy atom. The molecule has 0 heterocycles. The molecule has 0 rings (SSSR count). The van der Waals surface area contributed by atoms with Gasteiger partial charge in [0, 0.05) is 0 Å². The molecule has 0 aromatic heterocycles. The summed E-state index contributed by atoms with van der Waals surface area (Å²) >= 11 is 1.69. The Kier molecular flexibility index (Phi) is 29800. The molecule has 6 nitrogen and oxygen atoms in total. The average molecular weight is 232 g/mol. The van der Waals surface area contributed by atoms with Crippen molar-refractivity contribution in [3.05, 3.63) is 6.15 Å². The van der Waals surface area contributed by atoms with Gasteiger partial charge in [-0.05, 0) is 0 Å². The predicted molar refractivity (Wildman–Crippen MR) is 34.9 cm³/mol. The van der Waals surface area contributed by atoms with Crippen molar-refractivity contribution in [2.75, 3.05) is 0 Å². The third-order valence-electron chi connectivity index (χ3n) is 0. The van der Waals surface area contributed by atoms with Crippen LogP contribution in [0.3, 0.4) is 0 Å². The molecule has 10 N–H and O–H groups in total. The standard InChI is InChI=1S/2ClH.Mn.H2N.4H2O.O/h2*1H;;5*1H2;/q;;;-1;;;;;. The van der Waals surface area contributed by atoms with E-state index >= 15 is 0 Å². The SMILES string of the molecule is Cl.Cl.O.O.O.O.[NH2-].[O]=[Mn]. The molecule has 0 aliphatic carbocycles. The van der Waals surface area contributed by atoms with Crippen LogP contribution in [-0.2, 0) is 19.8 Å². The van der Waals surface area contributed by atoms with Gasteiger partial charge in [0.15, 0.2) is 0 Å². The predicted octanol–water partition coefficient (Wildman–Crippen LogP) is -1.86. The molecule has 69 valence electrons. The van der Waals surface area contributed by atoms with E-state index < -0.39 is 0 Å².